The van der Waals surface area contributed by atoms with Gasteiger partial charge in [-0.2, -0.15) is 0 Å². The Labute approximate surface area is 209 Å². The molecule has 0 saturated carbocycles. The zero-order chi connectivity index (χ0) is 26.1. The van der Waals surface area contributed by atoms with Gasteiger partial charge in [-0.25, -0.2) is 0 Å². The molecule has 1 rings (SSSR count). The number of carbonyl (C=O) groups is 1. The first-order chi connectivity index (χ1) is 15.6. The summed E-state index contributed by atoms with van der Waals surface area (Å²) in [4.78, 5) is 10.9. The number of rotatable bonds is 16. The molecule has 8 unspecified atom stereocenters. The van der Waals surface area contributed by atoms with Gasteiger partial charge in [0.15, 0.2) is 0 Å². The summed E-state index contributed by atoms with van der Waals surface area (Å²) in [6, 6.07) is 0. The first kappa shape index (κ1) is 31.1. The summed E-state index contributed by atoms with van der Waals surface area (Å²) in [5.74, 6) is 0.792. The van der Waals surface area contributed by atoms with Crippen LogP contribution in [0.1, 0.15) is 119 Å². The maximum atomic E-state index is 10.9. The molecule has 0 aromatic heterocycles. The lowest BCUT2D eigenvalue weighted by molar-refractivity contribution is -0.141. The second-order valence-corrected chi connectivity index (χ2v) is 12.3. The van der Waals surface area contributed by atoms with Crippen molar-refractivity contribution in [3.8, 4) is 0 Å². The third kappa shape index (κ3) is 11.2. The molecule has 0 aromatic carbocycles. The third-order valence-electron chi connectivity index (χ3n) is 8.67. The van der Waals surface area contributed by atoms with Crippen molar-refractivity contribution in [3.05, 3.63) is 11.6 Å². The minimum absolute atomic E-state index is 0.319. The summed E-state index contributed by atoms with van der Waals surface area (Å²) in [5.41, 5.74) is -0.123. The molecule has 0 aromatic rings. The molecule has 200 valence electrons. The highest BCUT2D eigenvalue weighted by Gasteiger charge is 2.31. The van der Waals surface area contributed by atoms with Crippen LogP contribution in [0.4, 0.5) is 0 Å². The van der Waals surface area contributed by atoms with E-state index in [1.54, 1.807) is 6.92 Å². The van der Waals surface area contributed by atoms with E-state index in [-0.39, 0.29) is 12.0 Å². The Balaban J connectivity index is 2.28. The second-order valence-electron chi connectivity index (χ2n) is 12.3. The van der Waals surface area contributed by atoms with E-state index in [4.69, 9.17) is 5.11 Å². The molecule has 5 nitrogen and oxygen atoms in total. The maximum absolute atomic E-state index is 10.9. The Morgan fingerprint density at radius 1 is 0.882 bits per heavy atom. The first-order valence-electron chi connectivity index (χ1n) is 13.7. The standard InChI is InChI=1S/C29H54O5/c1-20(13-14-25-19-26(30)24(5)22(3)23(25)4)11-8-15-28(6,33)17-10-18-29(7,34)16-9-12-21(2)27(31)32/h19-24,26,30,33-34H,8-18H2,1-7H3,(H,31,32). The van der Waals surface area contributed by atoms with Crippen LogP contribution in [0, 0.1) is 29.6 Å². The highest BCUT2D eigenvalue weighted by molar-refractivity contribution is 5.69. The highest BCUT2D eigenvalue weighted by atomic mass is 16.4. The van der Waals surface area contributed by atoms with Gasteiger partial charge in [-0.3, -0.25) is 4.79 Å². The molecule has 34 heavy (non-hydrogen) atoms. The van der Waals surface area contributed by atoms with E-state index in [1.165, 1.54) is 5.57 Å². The number of hydrogen-bond acceptors (Lipinski definition) is 4. The van der Waals surface area contributed by atoms with Crippen LogP contribution in [0.15, 0.2) is 11.6 Å². The number of hydrogen-bond donors (Lipinski definition) is 4. The van der Waals surface area contributed by atoms with E-state index in [1.807, 2.05) is 13.8 Å². The minimum Gasteiger partial charge on any atom is -0.481 e. The van der Waals surface area contributed by atoms with Crippen molar-refractivity contribution in [1.29, 1.82) is 0 Å². The van der Waals surface area contributed by atoms with Crippen LogP contribution in [-0.2, 0) is 4.79 Å². The van der Waals surface area contributed by atoms with Gasteiger partial charge < -0.3 is 20.4 Å². The summed E-state index contributed by atoms with van der Waals surface area (Å²) in [6.45, 7) is 14.4. The van der Waals surface area contributed by atoms with E-state index in [0.29, 0.717) is 55.8 Å². The molecule has 0 fully saturated rings. The fourth-order valence-electron chi connectivity index (χ4n) is 5.34. The van der Waals surface area contributed by atoms with Crippen LogP contribution in [0.5, 0.6) is 0 Å². The van der Waals surface area contributed by atoms with Gasteiger partial charge in [-0.1, -0.05) is 59.1 Å². The van der Waals surface area contributed by atoms with Crippen molar-refractivity contribution >= 4 is 5.97 Å². The molecular formula is C29H54O5. The minimum atomic E-state index is -0.809. The number of aliphatic hydroxyl groups is 3. The maximum Gasteiger partial charge on any atom is 0.306 e. The number of aliphatic carboxylic acids is 1. The molecule has 0 aliphatic heterocycles. The molecule has 0 bridgehead atoms. The van der Waals surface area contributed by atoms with Gasteiger partial charge in [0, 0.05) is 0 Å². The zero-order valence-electron chi connectivity index (χ0n) is 23.0. The second kappa shape index (κ2) is 14.0. The Bertz CT molecular complexity index is 638. The molecule has 0 radical (unpaired) electrons. The molecule has 0 amide bonds. The summed E-state index contributed by atoms with van der Waals surface area (Å²) in [6.07, 6.45) is 10.7. The van der Waals surface area contributed by atoms with Crippen LogP contribution in [-0.4, -0.2) is 43.7 Å². The Kier molecular flexibility index (Phi) is 12.8. The smallest absolute Gasteiger partial charge is 0.306 e. The Hall–Kier alpha value is -0.910. The topological polar surface area (TPSA) is 98.0 Å². The molecule has 1 aliphatic rings. The zero-order valence-corrected chi connectivity index (χ0v) is 23.0. The Morgan fingerprint density at radius 3 is 1.91 bits per heavy atom. The van der Waals surface area contributed by atoms with E-state index in [9.17, 15) is 20.1 Å². The molecular weight excluding hydrogens is 428 g/mol. The van der Waals surface area contributed by atoms with Crippen LogP contribution >= 0.6 is 0 Å². The van der Waals surface area contributed by atoms with Gasteiger partial charge >= 0.3 is 5.97 Å². The van der Waals surface area contributed by atoms with E-state index in [0.717, 1.165) is 38.5 Å². The summed E-state index contributed by atoms with van der Waals surface area (Å²) in [7, 11) is 0. The SMILES string of the molecule is CC(CCCC(C)(O)CCCC(C)(O)CCCC(C)C(=O)O)CCC1=CC(O)C(C)C(C)C1C. The van der Waals surface area contributed by atoms with E-state index in [2.05, 4.69) is 33.8 Å². The number of allylic oxidation sites excluding steroid dienone is 1. The lowest BCUT2D eigenvalue weighted by atomic mass is 9.71. The molecule has 8 atom stereocenters. The van der Waals surface area contributed by atoms with Crippen molar-refractivity contribution in [2.24, 2.45) is 29.6 Å². The first-order valence-corrected chi connectivity index (χ1v) is 13.7. The molecule has 0 saturated heterocycles. The van der Waals surface area contributed by atoms with Crippen molar-refractivity contribution < 1.29 is 25.2 Å². The normalized spacial score (nSPS) is 28.5. The van der Waals surface area contributed by atoms with Gasteiger partial charge in [0.25, 0.3) is 0 Å². The molecule has 4 N–H and O–H groups in total. The molecule has 1 aliphatic carbocycles. The fraction of sp³-hybridized carbons (Fsp3) is 0.897. The number of aliphatic hydroxyl groups excluding tert-OH is 1. The van der Waals surface area contributed by atoms with Crippen molar-refractivity contribution in [2.75, 3.05) is 0 Å². The van der Waals surface area contributed by atoms with E-state index < -0.39 is 17.2 Å². The van der Waals surface area contributed by atoms with Crippen LogP contribution in [0.2, 0.25) is 0 Å². The molecule has 0 spiro atoms. The van der Waals surface area contributed by atoms with Crippen molar-refractivity contribution in [2.45, 2.75) is 136 Å². The number of carboxylic acids is 1. The lowest BCUT2D eigenvalue weighted by Gasteiger charge is -2.36. The average molecular weight is 483 g/mol. The average Bonchev–Trinajstić information content (AvgIpc) is 2.73. The van der Waals surface area contributed by atoms with Crippen LogP contribution < -0.4 is 0 Å². The quantitative estimate of drug-likeness (QED) is 0.192. The van der Waals surface area contributed by atoms with Gasteiger partial charge in [-0.05, 0) is 95.3 Å². The Morgan fingerprint density at radius 2 is 1.38 bits per heavy atom. The number of carboxylic acid groups (broad SMARTS) is 1. The van der Waals surface area contributed by atoms with Gasteiger partial charge in [0.05, 0.1) is 23.2 Å². The van der Waals surface area contributed by atoms with Crippen molar-refractivity contribution in [3.63, 3.8) is 0 Å². The predicted octanol–water partition coefficient (Wildman–Crippen LogP) is 6.35. The largest absolute Gasteiger partial charge is 0.481 e. The van der Waals surface area contributed by atoms with Crippen LogP contribution in [0.25, 0.3) is 0 Å². The van der Waals surface area contributed by atoms with Gasteiger partial charge in [0.2, 0.25) is 0 Å². The summed E-state index contributed by atoms with van der Waals surface area (Å²) in [5, 5.41) is 40.7. The van der Waals surface area contributed by atoms with Crippen LogP contribution in [0.3, 0.4) is 0 Å². The summed E-state index contributed by atoms with van der Waals surface area (Å²) < 4.78 is 0. The lowest BCUT2D eigenvalue weighted by Crippen LogP contribution is -2.32. The predicted molar refractivity (Wildman–Crippen MR) is 140 cm³/mol. The fourth-order valence-corrected chi connectivity index (χ4v) is 5.34. The van der Waals surface area contributed by atoms with E-state index >= 15 is 0 Å². The molecule has 0 heterocycles. The van der Waals surface area contributed by atoms with Crippen molar-refractivity contribution in [1.82, 2.24) is 0 Å². The van der Waals surface area contributed by atoms with Gasteiger partial charge in [-0.15, -0.1) is 0 Å². The third-order valence-corrected chi connectivity index (χ3v) is 8.67. The molecule has 5 heteroatoms. The summed E-state index contributed by atoms with van der Waals surface area (Å²) >= 11 is 0. The monoisotopic (exact) mass is 482 g/mol. The van der Waals surface area contributed by atoms with Gasteiger partial charge in [0.1, 0.15) is 0 Å². The highest BCUT2D eigenvalue weighted by Crippen LogP contribution is 2.37.